The first kappa shape index (κ1) is 18.9. The highest BCUT2D eigenvalue weighted by Crippen LogP contribution is 2.39. The third kappa shape index (κ3) is 3.39. The molecule has 4 rings (SSSR count). The molecule has 10 heteroatoms. The van der Waals surface area contributed by atoms with Crippen LogP contribution in [0.5, 0.6) is 5.75 Å². The molecule has 28 heavy (non-hydrogen) atoms. The standard InChI is InChI=1S/C18H11Cl2FN2O4S/c19-8-4-11-14(5-9(8)20)28-15(22-11)7-23-12-3-1-2-10(21)17(12)27-13(18(23)26)6-16(24)25/h1-5,13H,6-7H2,(H,24,25). The summed E-state index contributed by atoms with van der Waals surface area (Å²) in [5.41, 5.74) is 0.846. The van der Waals surface area contributed by atoms with Gasteiger partial charge in [0.1, 0.15) is 5.01 Å². The monoisotopic (exact) mass is 440 g/mol. The summed E-state index contributed by atoms with van der Waals surface area (Å²) in [7, 11) is 0. The summed E-state index contributed by atoms with van der Waals surface area (Å²) >= 11 is 13.4. The van der Waals surface area contributed by atoms with E-state index in [1.807, 2.05) is 0 Å². The van der Waals surface area contributed by atoms with Gasteiger partial charge in [-0.3, -0.25) is 14.5 Å². The number of carbonyl (C=O) groups excluding carboxylic acids is 1. The number of hydrogen-bond donors (Lipinski definition) is 1. The smallest absolute Gasteiger partial charge is 0.307 e. The quantitative estimate of drug-likeness (QED) is 0.645. The zero-order valence-corrected chi connectivity index (χ0v) is 16.3. The second kappa shape index (κ2) is 7.20. The SMILES string of the molecule is O=C(O)CC1Oc2c(F)cccc2N(Cc2nc3cc(Cl)c(Cl)cc3s2)C1=O. The van der Waals surface area contributed by atoms with Crippen molar-refractivity contribution < 1.29 is 23.8 Å². The number of benzene rings is 2. The number of amides is 1. The number of aromatic nitrogens is 1. The fraction of sp³-hybridized carbons (Fsp3) is 0.167. The Bertz CT molecular complexity index is 1080. The van der Waals surface area contributed by atoms with Crippen LogP contribution in [0.4, 0.5) is 10.1 Å². The van der Waals surface area contributed by atoms with Crippen LogP contribution < -0.4 is 9.64 Å². The van der Waals surface area contributed by atoms with Crippen LogP contribution >= 0.6 is 34.5 Å². The number of fused-ring (bicyclic) bond motifs is 2. The van der Waals surface area contributed by atoms with Crippen molar-refractivity contribution in [1.29, 1.82) is 0 Å². The van der Waals surface area contributed by atoms with Gasteiger partial charge in [-0.15, -0.1) is 11.3 Å². The van der Waals surface area contributed by atoms with E-state index >= 15 is 0 Å². The molecular weight excluding hydrogens is 430 g/mol. The average molecular weight is 441 g/mol. The summed E-state index contributed by atoms with van der Waals surface area (Å²) in [6, 6.07) is 7.48. The topological polar surface area (TPSA) is 79.7 Å². The van der Waals surface area contributed by atoms with E-state index in [-0.39, 0.29) is 18.0 Å². The zero-order chi connectivity index (χ0) is 20.0. The van der Waals surface area contributed by atoms with Crippen molar-refractivity contribution in [1.82, 2.24) is 4.98 Å². The number of hydrogen-bond acceptors (Lipinski definition) is 5. The normalized spacial score (nSPS) is 16.2. The van der Waals surface area contributed by atoms with E-state index in [1.165, 1.54) is 34.4 Å². The Morgan fingerprint density at radius 2 is 2.07 bits per heavy atom. The lowest BCUT2D eigenvalue weighted by molar-refractivity contribution is -0.142. The summed E-state index contributed by atoms with van der Waals surface area (Å²) in [6.45, 7) is 0.0311. The minimum absolute atomic E-state index is 0.0311. The van der Waals surface area contributed by atoms with E-state index in [1.54, 1.807) is 12.1 Å². The minimum Gasteiger partial charge on any atom is -0.481 e. The van der Waals surface area contributed by atoms with Crippen LogP contribution in [0, 0.1) is 5.82 Å². The van der Waals surface area contributed by atoms with Gasteiger partial charge >= 0.3 is 5.97 Å². The van der Waals surface area contributed by atoms with Crippen molar-refractivity contribution in [3.8, 4) is 5.75 Å². The zero-order valence-electron chi connectivity index (χ0n) is 14.0. The molecule has 0 fully saturated rings. The van der Waals surface area contributed by atoms with E-state index < -0.39 is 30.2 Å². The van der Waals surface area contributed by atoms with Gasteiger partial charge in [-0.1, -0.05) is 29.3 Å². The number of aliphatic carboxylic acids is 1. The number of ether oxygens (including phenoxy) is 1. The first-order valence-electron chi connectivity index (χ1n) is 8.06. The van der Waals surface area contributed by atoms with Crippen LogP contribution in [-0.2, 0) is 16.1 Å². The Labute approximate surface area is 172 Å². The number of carbonyl (C=O) groups is 2. The van der Waals surface area contributed by atoms with Crippen molar-refractivity contribution in [2.45, 2.75) is 19.1 Å². The molecule has 2 heterocycles. The van der Waals surface area contributed by atoms with Gasteiger partial charge in [0.2, 0.25) is 0 Å². The van der Waals surface area contributed by atoms with Crippen molar-refractivity contribution in [3.63, 3.8) is 0 Å². The highest BCUT2D eigenvalue weighted by Gasteiger charge is 2.37. The van der Waals surface area contributed by atoms with Gasteiger partial charge in [-0.2, -0.15) is 0 Å². The number of halogens is 3. The predicted molar refractivity (Wildman–Crippen MR) is 104 cm³/mol. The molecule has 1 atom stereocenters. The van der Waals surface area contributed by atoms with Crippen LogP contribution in [0.3, 0.4) is 0 Å². The molecule has 0 aliphatic carbocycles. The van der Waals surface area contributed by atoms with Crippen LogP contribution in [-0.4, -0.2) is 28.1 Å². The predicted octanol–water partition coefficient (Wildman–Crippen LogP) is 4.51. The second-order valence-electron chi connectivity index (χ2n) is 6.06. The van der Waals surface area contributed by atoms with Crippen LogP contribution in [0.1, 0.15) is 11.4 Å². The molecule has 0 spiro atoms. The van der Waals surface area contributed by atoms with Gasteiger partial charge < -0.3 is 9.84 Å². The lowest BCUT2D eigenvalue weighted by Crippen LogP contribution is -2.46. The van der Waals surface area contributed by atoms with Gasteiger partial charge in [-0.25, -0.2) is 9.37 Å². The third-order valence-electron chi connectivity index (χ3n) is 4.17. The first-order valence-corrected chi connectivity index (χ1v) is 9.63. The Morgan fingerprint density at radius 1 is 1.32 bits per heavy atom. The number of thiazole rings is 1. The van der Waals surface area contributed by atoms with E-state index in [0.29, 0.717) is 20.6 Å². The van der Waals surface area contributed by atoms with Crippen molar-refractivity contribution in [2.75, 3.05) is 4.90 Å². The molecule has 144 valence electrons. The molecule has 1 aliphatic rings. The fourth-order valence-corrected chi connectivity index (χ4v) is 4.30. The number of anilines is 1. The number of para-hydroxylation sites is 1. The Kier molecular flexibility index (Phi) is 4.86. The van der Waals surface area contributed by atoms with Crippen molar-refractivity contribution >= 4 is 62.3 Å². The van der Waals surface area contributed by atoms with Gasteiger partial charge in [0.25, 0.3) is 5.91 Å². The highest BCUT2D eigenvalue weighted by molar-refractivity contribution is 7.18. The molecule has 0 saturated heterocycles. The molecule has 1 N–H and O–H groups in total. The Hall–Kier alpha value is -2.42. The molecule has 1 aliphatic heterocycles. The van der Waals surface area contributed by atoms with Gasteiger partial charge in [0.05, 0.1) is 38.9 Å². The fourth-order valence-electron chi connectivity index (χ4n) is 2.94. The lowest BCUT2D eigenvalue weighted by Gasteiger charge is -2.33. The number of nitrogens with zero attached hydrogens (tertiary/aromatic N) is 2. The molecule has 0 saturated carbocycles. The molecule has 2 aromatic carbocycles. The molecule has 0 radical (unpaired) electrons. The average Bonchev–Trinajstić information content (AvgIpc) is 3.00. The molecule has 1 aromatic heterocycles. The van der Waals surface area contributed by atoms with E-state index in [4.69, 9.17) is 33.0 Å². The van der Waals surface area contributed by atoms with E-state index in [0.717, 1.165) is 4.70 Å². The maximum atomic E-state index is 14.2. The number of carboxylic acid groups (broad SMARTS) is 1. The lowest BCUT2D eigenvalue weighted by atomic mass is 10.1. The van der Waals surface area contributed by atoms with Crippen LogP contribution in [0.25, 0.3) is 10.2 Å². The molecular formula is C18H11Cl2FN2O4S. The van der Waals surface area contributed by atoms with Gasteiger partial charge in [0, 0.05) is 0 Å². The van der Waals surface area contributed by atoms with E-state index in [2.05, 4.69) is 4.98 Å². The maximum Gasteiger partial charge on any atom is 0.307 e. The van der Waals surface area contributed by atoms with Crippen molar-refractivity contribution in [2.24, 2.45) is 0 Å². The molecule has 1 amide bonds. The van der Waals surface area contributed by atoms with Crippen LogP contribution in [0.15, 0.2) is 30.3 Å². The molecule has 3 aromatic rings. The Morgan fingerprint density at radius 3 is 2.82 bits per heavy atom. The Balaban J connectivity index is 1.74. The summed E-state index contributed by atoms with van der Waals surface area (Å²) in [6.07, 6.45) is -1.89. The summed E-state index contributed by atoms with van der Waals surface area (Å²) in [5, 5.41) is 10.4. The number of rotatable bonds is 4. The molecule has 1 unspecified atom stereocenters. The van der Waals surface area contributed by atoms with E-state index in [9.17, 15) is 14.0 Å². The second-order valence-corrected chi connectivity index (χ2v) is 7.99. The maximum absolute atomic E-state index is 14.2. The third-order valence-corrected chi connectivity index (χ3v) is 5.89. The van der Waals surface area contributed by atoms with Gasteiger partial charge in [0.15, 0.2) is 17.7 Å². The summed E-state index contributed by atoms with van der Waals surface area (Å²) in [5.74, 6) is -2.62. The molecule has 0 bridgehead atoms. The van der Waals surface area contributed by atoms with Gasteiger partial charge in [-0.05, 0) is 24.3 Å². The summed E-state index contributed by atoms with van der Waals surface area (Å²) in [4.78, 5) is 29.6. The van der Waals surface area contributed by atoms with Crippen LogP contribution in [0.2, 0.25) is 10.0 Å². The first-order chi connectivity index (χ1) is 13.3. The summed E-state index contributed by atoms with van der Waals surface area (Å²) < 4.78 is 20.4. The minimum atomic E-state index is -1.32. The largest absolute Gasteiger partial charge is 0.481 e. The number of carboxylic acids is 1. The molecule has 6 nitrogen and oxygen atoms in total. The highest BCUT2D eigenvalue weighted by atomic mass is 35.5. The van der Waals surface area contributed by atoms with Crippen molar-refractivity contribution in [3.05, 3.63) is 51.2 Å².